The van der Waals surface area contributed by atoms with Crippen molar-refractivity contribution in [2.24, 2.45) is 0 Å². The third-order valence-corrected chi connectivity index (χ3v) is 2.43. The van der Waals surface area contributed by atoms with Gasteiger partial charge in [0.1, 0.15) is 0 Å². The second kappa shape index (κ2) is 2.94. The molecule has 0 spiro atoms. The van der Waals surface area contributed by atoms with Gasteiger partial charge >= 0.3 is 5.97 Å². The monoisotopic (exact) mass is 185 g/mol. The molecule has 0 aliphatic heterocycles. The number of hydrogen-bond donors (Lipinski definition) is 2. The largest absolute Gasteiger partial charge is 0.478 e. The van der Waals surface area contributed by atoms with Gasteiger partial charge in [-0.2, -0.15) is 0 Å². The summed E-state index contributed by atoms with van der Waals surface area (Å²) in [5, 5.41) is 8.95. The molecule has 12 heavy (non-hydrogen) atoms. The Labute approximate surface area is 72.6 Å². The molecule has 0 aromatic carbocycles. The molecule has 1 heterocycles. The van der Waals surface area contributed by atoms with E-state index in [1.807, 2.05) is 0 Å². The van der Waals surface area contributed by atoms with Gasteiger partial charge in [-0.05, 0) is 6.92 Å². The molecule has 0 amide bonds. The maximum atomic E-state index is 10.6. The Morgan fingerprint density at radius 3 is 2.58 bits per heavy atom. The molecule has 0 bridgehead atoms. The minimum absolute atomic E-state index is 0.0208. The number of aryl methyl sites for hydroxylation is 1. The maximum Gasteiger partial charge on any atom is 0.337 e. The van der Waals surface area contributed by atoms with E-state index >= 15 is 0 Å². The van der Waals surface area contributed by atoms with Crippen LogP contribution in [0.3, 0.4) is 0 Å². The number of anilines is 1. The summed E-state index contributed by atoms with van der Waals surface area (Å²) in [5.41, 5.74) is 5.52. The Morgan fingerprint density at radius 2 is 2.25 bits per heavy atom. The Morgan fingerprint density at radius 1 is 1.67 bits per heavy atom. The second-order valence-corrected chi connectivity index (χ2v) is 3.49. The Hall–Kier alpha value is -1.36. The van der Waals surface area contributed by atoms with Gasteiger partial charge in [-0.25, -0.2) is 4.79 Å². The average Bonchev–Trinajstić information content (AvgIpc) is 2.24. The van der Waals surface area contributed by atoms with Gasteiger partial charge < -0.3 is 10.8 Å². The molecule has 0 aliphatic carbocycles. The summed E-state index contributed by atoms with van der Waals surface area (Å²) in [4.78, 5) is 21.6. The first kappa shape index (κ1) is 8.73. The number of aromatic carboxylic acids is 1. The predicted molar refractivity (Wildman–Crippen MR) is 45.8 cm³/mol. The molecule has 1 rings (SSSR count). The van der Waals surface area contributed by atoms with E-state index in [1.165, 1.54) is 0 Å². The summed E-state index contributed by atoms with van der Waals surface area (Å²) in [7, 11) is 0. The first-order valence-corrected chi connectivity index (χ1v) is 3.97. The lowest BCUT2D eigenvalue weighted by molar-refractivity contribution is 0.0694. The van der Waals surface area contributed by atoms with E-state index in [9.17, 15) is 9.59 Å². The van der Waals surface area contributed by atoms with Crippen LogP contribution in [0, 0.1) is 6.92 Å². The third kappa shape index (κ3) is 1.18. The lowest BCUT2D eigenvalue weighted by Crippen LogP contribution is -2.01. The molecular formula is C7H7NO3S. The van der Waals surface area contributed by atoms with Crippen molar-refractivity contribution in [3.63, 3.8) is 0 Å². The minimum Gasteiger partial charge on any atom is -0.478 e. The van der Waals surface area contributed by atoms with Gasteiger partial charge in [0.15, 0.2) is 6.29 Å². The van der Waals surface area contributed by atoms with Crippen molar-refractivity contribution in [2.45, 2.75) is 6.92 Å². The van der Waals surface area contributed by atoms with Gasteiger partial charge in [-0.1, -0.05) is 0 Å². The van der Waals surface area contributed by atoms with Crippen LogP contribution in [0.25, 0.3) is 0 Å². The zero-order chi connectivity index (χ0) is 9.30. The fourth-order valence-electron chi connectivity index (χ4n) is 0.967. The van der Waals surface area contributed by atoms with Crippen LogP contribution >= 0.6 is 11.3 Å². The molecule has 1 aromatic rings. The van der Waals surface area contributed by atoms with E-state index in [1.54, 1.807) is 6.92 Å². The van der Waals surface area contributed by atoms with Crippen molar-refractivity contribution in [3.8, 4) is 0 Å². The van der Waals surface area contributed by atoms with Gasteiger partial charge in [0.25, 0.3) is 0 Å². The first-order chi connectivity index (χ1) is 5.57. The summed E-state index contributed by atoms with van der Waals surface area (Å²) < 4.78 is 0. The summed E-state index contributed by atoms with van der Waals surface area (Å²) >= 11 is 1.11. The summed E-state index contributed by atoms with van der Waals surface area (Å²) in [6.07, 6.45) is 0.474. The fraction of sp³-hybridized carbons (Fsp3) is 0.143. The molecule has 1 aromatic heterocycles. The smallest absolute Gasteiger partial charge is 0.337 e. The zero-order valence-corrected chi connectivity index (χ0v) is 7.14. The highest BCUT2D eigenvalue weighted by molar-refractivity contribution is 7.16. The first-order valence-electron chi connectivity index (χ1n) is 3.15. The van der Waals surface area contributed by atoms with E-state index in [4.69, 9.17) is 10.8 Å². The number of carbonyl (C=O) groups is 2. The number of carboxylic acids is 1. The molecule has 0 atom stereocenters. The number of aldehydes is 1. The van der Waals surface area contributed by atoms with Crippen molar-refractivity contribution in [3.05, 3.63) is 16.0 Å². The highest BCUT2D eigenvalue weighted by Crippen LogP contribution is 2.28. The number of carbonyl (C=O) groups excluding carboxylic acids is 1. The van der Waals surface area contributed by atoms with Crippen LogP contribution in [0.2, 0.25) is 0 Å². The van der Waals surface area contributed by atoms with E-state index in [0.717, 1.165) is 11.3 Å². The standard InChI is InChI=1S/C7H7NO3S/c1-3-5(7(10)11)4(2-9)6(8)12-3/h2H,8H2,1H3,(H,10,11). The van der Waals surface area contributed by atoms with Crippen LogP contribution in [-0.4, -0.2) is 17.4 Å². The van der Waals surface area contributed by atoms with Gasteiger partial charge in [-0.15, -0.1) is 11.3 Å². The van der Waals surface area contributed by atoms with Crippen LogP contribution in [0.5, 0.6) is 0 Å². The summed E-state index contributed by atoms with van der Waals surface area (Å²) in [6, 6.07) is 0. The predicted octanol–water partition coefficient (Wildman–Crippen LogP) is 1.15. The third-order valence-electron chi connectivity index (χ3n) is 1.48. The molecule has 0 saturated carbocycles. The zero-order valence-electron chi connectivity index (χ0n) is 6.33. The molecule has 3 N–H and O–H groups in total. The van der Waals surface area contributed by atoms with Crippen molar-refractivity contribution in [1.29, 1.82) is 0 Å². The van der Waals surface area contributed by atoms with Crippen LogP contribution in [0.4, 0.5) is 5.00 Å². The van der Waals surface area contributed by atoms with Gasteiger partial charge in [0.2, 0.25) is 0 Å². The molecule has 0 unspecified atom stereocenters. The molecule has 0 radical (unpaired) electrons. The van der Waals surface area contributed by atoms with Crippen molar-refractivity contribution < 1.29 is 14.7 Å². The molecule has 5 heteroatoms. The van der Waals surface area contributed by atoms with Gasteiger partial charge in [0, 0.05) is 4.88 Å². The van der Waals surface area contributed by atoms with Crippen LogP contribution in [0.1, 0.15) is 25.6 Å². The lowest BCUT2D eigenvalue weighted by atomic mass is 10.1. The minimum atomic E-state index is -1.11. The van der Waals surface area contributed by atoms with Gasteiger partial charge in [0.05, 0.1) is 16.1 Å². The van der Waals surface area contributed by atoms with Crippen molar-refractivity contribution in [2.75, 3.05) is 5.73 Å². The van der Waals surface area contributed by atoms with Crippen molar-refractivity contribution in [1.82, 2.24) is 0 Å². The fourth-order valence-corrected chi connectivity index (χ4v) is 1.86. The molecule has 0 saturated heterocycles. The molecule has 64 valence electrons. The van der Waals surface area contributed by atoms with E-state index in [-0.39, 0.29) is 16.1 Å². The van der Waals surface area contributed by atoms with Crippen LogP contribution < -0.4 is 5.73 Å². The van der Waals surface area contributed by atoms with E-state index in [2.05, 4.69) is 0 Å². The number of hydrogen-bond acceptors (Lipinski definition) is 4. The Bertz CT molecular complexity index is 343. The second-order valence-electron chi connectivity index (χ2n) is 2.23. The number of nitrogen functional groups attached to an aromatic ring is 1. The quantitative estimate of drug-likeness (QED) is 0.677. The molecule has 0 fully saturated rings. The van der Waals surface area contributed by atoms with E-state index in [0.29, 0.717) is 11.2 Å². The summed E-state index contributed by atoms with van der Waals surface area (Å²) in [6.45, 7) is 1.62. The Balaban J connectivity index is 3.42. The number of thiophene rings is 1. The average molecular weight is 185 g/mol. The molecule has 4 nitrogen and oxygen atoms in total. The Kier molecular flexibility index (Phi) is 2.14. The highest BCUT2D eigenvalue weighted by Gasteiger charge is 2.18. The summed E-state index contributed by atoms with van der Waals surface area (Å²) in [5.74, 6) is -1.11. The normalized spacial score (nSPS) is 9.75. The van der Waals surface area contributed by atoms with Gasteiger partial charge in [-0.3, -0.25) is 4.79 Å². The molecular weight excluding hydrogens is 178 g/mol. The van der Waals surface area contributed by atoms with Crippen LogP contribution in [-0.2, 0) is 0 Å². The topological polar surface area (TPSA) is 80.4 Å². The van der Waals surface area contributed by atoms with Crippen LogP contribution in [0.15, 0.2) is 0 Å². The number of carboxylic acid groups (broad SMARTS) is 1. The van der Waals surface area contributed by atoms with E-state index < -0.39 is 5.97 Å². The SMILES string of the molecule is Cc1sc(N)c(C=O)c1C(=O)O. The number of rotatable bonds is 2. The highest BCUT2D eigenvalue weighted by atomic mass is 32.1. The van der Waals surface area contributed by atoms with Crippen molar-refractivity contribution >= 4 is 28.6 Å². The maximum absolute atomic E-state index is 10.6. The lowest BCUT2D eigenvalue weighted by Gasteiger charge is -1.91. The molecule has 0 aliphatic rings. The number of nitrogens with two attached hydrogens (primary N) is 1.